The minimum absolute atomic E-state index is 0.0429. The molecule has 1 aromatic heterocycles. The number of fused-ring (bicyclic) bond motifs is 1. The van der Waals surface area contributed by atoms with Gasteiger partial charge in [-0.05, 0) is 80.0 Å². The molecule has 1 amide bonds. The van der Waals surface area contributed by atoms with Crippen LogP contribution in [0.25, 0.3) is 22.1 Å². The average molecular weight is 581 g/mol. The molecule has 8 nitrogen and oxygen atoms in total. The number of nitrogens with zero attached hydrogens (tertiary/aromatic N) is 4. The van der Waals surface area contributed by atoms with Crippen LogP contribution in [0.2, 0.25) is 0 Å². The Labute approximate surface area is 238 Å². The number of carbonyl (C=O) groups excluding carboxylic acids is 1. The van der Waals surface area contributed by atoms with Crippen molar-refractivity contribution in [3.8, 4) is 11.1 Å². The van der Waals surface area contributed by atoms with Crippen molar-refractivity contribution >= 4 is 39.8 Å². The van der Waals surface area contributed by atoms with Crippen LogP contribution >= 0.6 is 0 Å². The zero-order valence-corrected chi connectivity index (χ0v) is 22.9. The van der Waals surface area contributed by atoms with Gasteiger partial charge in [0.1, 0.15) is 17.2 Å². The van der Waals surface area contributed by atoms with Crippen molar-refractivity contribution in [2.75, 3.05) is 31.3 Å². The maximum Gasteiger partial charge on any atom is 0.431 e. The third kappa shape index (κ3) is 5.84. The highest BCUT2D eigenvalue weighted by Crippen LogP contribution is 2.34. The van der Waals surface area contributed by atoms with Gasteiger partial charge in [0.05, 0.1) is 16.8 Å². The van der Waals surface area contributed by atoms with Crippen LogP contribution in [-0.4, -0.2) is 48.5 Å². The highest BCUT2D eigenvalue weighted by molar-refractivity contribution is 6.50. The number of amides is 1. The van der Waals surface area contributed by atoms with Crippen LogP contribution in [0.3, 0.4) is 0 Å². The number of halogens is 4. The van der Waals surface area contributed by atoms with E-state index < -0.39 is 34.9 Å². The number of anilines is 2. The first kappa shape index (κ1) is 28.8. The second-order valence-electron chi connectivity index (χ2n) is 10.3. The maximum absolute atomic E-state index is 15.6. The Morgan fingerprint density at radius 1 is 1.10 bits per heavy atom. The summed E-state index contributed by atoms with van der Waals surface area (Å²) in [6.07, 6.45) is -4.99. The number of hydrogen-bond acceptors (Lipinski definition) is 7. The average Bonchev–Trinajstić information content (AvgIpc) is 3.23. The van der Waals surface area contributed by atoms with Gasteiger partial charge in [0, 0.05) is 18.7 Å². The van der Waals surface area contributed by atoms with Crippen LogP contribution in [-0.2, 0) is 11.3 Å². The van der Waals surface area contributed by atoms with E-state index in [1.54, 1.807) is 6.07 Å². The molecule has 1 aliphatic heterocycles. The summed E-state index contributed by atoms with van der Waals surface area (Å²) in [5, 5.41) is 4.03. The van der Waals surface area contributed by atoms with Gasteiger partial charge in [-0.2, -0.15) is 13.2 Å². The zero-order valence-electron chi connectivity index (χ0n) is 22.9. The molecule has 0 bridgehead atoms. The first-order valence-electron chi connectivity index (χ1n) is 13.1. The molecular formula is C30H28F4N6O2. The molecule has 1 fully saturated rings. The minimum Gasteiger partial charge on any atom is -0.394 e. The van der Waals surface area contributed by atoms with Gasteiger partial charge >= 0.3 is 6.18 Å². The lowest BCUT2D eigenvalue weighted by molar-refractivity contribution is -0.112. The quantitative estimate of drug-likeness (QED) is 0.282. The van der Waals surface area contributed by atoms with E-state index in [0.717, 1.165) is 16.0 Å². The molecule has 12 heteroatoms. The van der Waals surface area contributed by atoms with Crippen molar-refractivity contribution in [2.45, 2.75) is 25.6 Å². The van der Waals surface area contributed by atoms with Crippen LogP contribution in [0.5, 0.6) is 0 Å². The molecule has 1 saturated heterocycles. The molecule has 0 radical (unpaired) electrons. The third-order valence-electron chi connectivity index (χ3n) is 6.89. The molecule has 0 spiro atoms. The Morgan fingerprint density at radius 2 is 1.86 bits per heavy atom. The highest BCUT2D eigenvalue weighted by Gasteiger charge is 2.39. The predicted octanol–water partition coefficient (Wildman–Crippen LogP) is 5.95. The van der Waals surface area contributed by atoms with Crippen LogP contribution < -0.4 is 16.4 Å². The largest absolute Gasteiger partial charge is 0.431 e. The first-order valence-corrected chi connectivity index (χ1v) is 13.1. The van der Waals surface area contributed by atoms with Crippen LogP contribution in [0.4, 0.5) is 34.8 Å². The SMILES string of the molecule is CN(C)Cc1cccc(-c2ccc(N3CCCC(=C(N)C(F)(F)F)C(=Nc4ccc5onc(N)c5c4)C3=O)c(F)c2)c1. The Morgan fingerprint density at radius 3 is 2.57 bits per heavy atom. The van der Waals surface area contributed by atoms with Crippen LogP contribution in [0, 0.1) is 5.82 Å². The second-order valence-corrected chi connectivity index (χ2v) is 10.3. The van der Waals surface area contributed by atoms with Crippen molar-refractivity contribution in [3.05, 3.63) is 83.3 Å². The molecule has 0 unspecified atom stereocenters. The fraction of sp³-hybridized carbons (Fsp3) is 0.233. The Hall–Kier alpha value is -4.71. The van der Waals surface area contributed by atoms with E-state index in [2.05, 4.69) is 10.1 Å². The molecule has 1 aliphatic rings. The summed E-state index contributed by atoms with van der Waals surface area (Å²) in [6, 6.07) is 16.5. The molecule has 4 N–H and O–H groups in total. The molecule has 4 aromatic rings. The van der Waals surface area contributed by atoms with E-state index in [1.165, 1.54) is 30.3 Å². The number of alkyl halides is 3. The van der Waals surface area contributed by atoms with Gasteiger partial charge in [0.25, 0.3) is 5.91 Å². The monoisotopic (exact) mass is 580 g/mol. The lowest BCUT2D eigenvalue weighted by Gasteiger charge is -2.22. The summed E-state index contributed by atoms with van der Waals surface area (Å²) in [7, 11) is 3.89. The molecule has 0 atom stereocenters. The van der Waals surface area contributed by atoms with E-state index in [9.17, 15) is 18.0 Å². The number of aliphatic imine (C=N–C) groups is 1. The van der Waals surface area contributed by atoms with Gasteiger partial charge in [-0.25, -0.2) is 9.38 Å². The van der Waals surface area contributed by atoms with Crippen molar-refractivity contribution in [1.29, 1.82) is 0 Å². The fourth-order valence-corrected chi connectivity index (χ4v) is 4.93. The summed E-state index contributed by atoms with van der Waals surface area (Å²) in [6.45, 7) is 0.658. The lowest BCUT2D eigenvalue weighted by atomic mass is 10.0. The number of aromatic nitrogens is 1. The van der Waals surface area contributed by atoms with Crippen molar-refractivity contribution in [2.24, 2.45) is 10.7 Å². The molecule has 0 aliphatic carbocycles. The highest BCUT2D eigenvalue weighted by atomic mass is 19.4. The summed E-state index contributed by atoms with van der Waals surface area (Å²) in [5.41, 5.74) is 11.7. The van der Waals surface area contributed by atoms with Gasteiger partial charge in [0.2, 0.25) is 0 Å². The van der Waals surface area contributed by atoms with Gasteiger partial charge < -0.3 is 25.8 Å². The molecule has 5 rings (SSSR count). The van der Waals surface area contributed by atoms with Crippen LogP contribution in [0.1, 0.15) is 18.4 Å². The van der Waals surface area contributed by atoms with Crippen molar-refractivity contribution in [1.82, 2.24) is 10.1 Å². The predicted molar refractivity (Wildman–Crippen MR) is 154 cm³/mol. The van der Waals surface area contributed by atoms with Gasteiger partial charge in [0.15, 0.2) is 11.4 Å². The number of allylic oxidation sites excluding steroid dienone is 1. The number of rotatable bonds is 5. The molecule has 3 aromatic carbocycles. The third-order valence-corrected chi connectivity index (χ3v) is 6.89. The van der Waals surface area contributed by atoms with E-state index in [-0.39, 0.29) is 36.6 Å². The first-order chi connectivity index (χ1) is 19.9. The number of benzene rings is 3. The summed E-state index contributed by atoms with van der Waals surface area (Å²) >= 11 is 0. The number of nitrogen functional groups attached to an aromatic ring is 1. The Bertz CT molecular complexity index is 1720. The molecule has 42 heavy (non-hydrogen) atoms. The van der Waals surface area contributed by atoms with Gasteiger partial charge in [-0.1, -0.05) is 29.4 Å². The molecule has 2 heterocycles. The van der Waals surface area contributed by atoms with E-state index >= 15 is 4.39 Å². The smallest absolute Gasteiger partial charge is 0.394 e. The van der Waals surface area contributed by atoms with E-state index in [0.29, 0.717) is 23.1 Å². The minimum atomic E-state index is -4.90. The number of carbonyl (C=O) groups is 1. The molecule has 218 valence electrons. The fourth-order valence-electron chi connectivity index (χ4n) is 4.93. The second kappa shape index (κ2) is 11.3. The lowest BCUT2D eigenvalue weighted by Crippen LogP contribution is -2.37. The topological polar surface area (TPSA) is 114 Å². The zero-order chi connectivity index (χ0) is 30.2. The molecule has 0 saturated carbocycles. The standard InChI is InChI=1S/C30H28F4N6O2/c1-39(2)16-17-5-3-6-18(13-17)19-8-10-24(23(31)14-19)40-12-4-7-21(27(35)30(32,33)34)26(29(40)41)37-20-9-11-25-22(15-20)28(36)38-42-25/h3,5-6,8-11,13-15H,4,7,12,16,35H2,1-2H3,(H2,36,38). The summed E-state index contributed by atoms with van der Waals surface area (Å²) < 4.78 is 62.0. The van der Waals surface area contributed by atoms with E-state index in [4.69, 9.17) is 16.0 Å². The van der Waals surface area contributed by atoms with Crippen molar-refractivity contribution < 1.29 is 26.9 Å². The Balaban J connectivity index is 1.56. The normalized spacial score (nSPS) is 16.9. The molecular weight excluding hydrogens is 552 g/mol. The number of nitrogens with two attached hydrogens (primary N) is 2. The van der Waals surface area contributed by atoms with Gasteiger partial charge in [-0.3, -0.25) is 4.79 Å². The van der Waals surface area contributed by atoms with Crippen molar-refractivity contribution in [3.63, 3.8) is 0 Å². The van der Waals surface area contributed by atoms with Gasteiger partial charge in [-0.15, -0.1) is 0 Å². The summed E-state index contributed by atoms with van der Waals surface area (Å²) in [5.74, 6) is -1.55. The Kier molecular flexibility index (Phi) is 7.74. The van der Waals surface area contributed by atoms with Crippen LogP contribution in [0.15, 0.2) is 81.4 Å². The van der Waals surface area contributed by atoms with E-state index in [1.807, 2.05) is 43.3 Å². The maximum atomic E-state index is 15.6. The summed E-state index contributed by atoms with van der Waals surface area (Å²) in [4.78, 5) is 21.2. The number of hydrogen-bond donors (Lipinski definition) is 2.